The van der Waals surface area contributed by atoms with Crippen LogP contribution in [0.25, 0.3) is 0 Å². The van der Waals surface area contributed by atoms with Crippen LogP contribution in [0, 0.1) is 0 Å². The molecule has 2 atom stereocenters. The van der Waals surface area contributed by atoms with Gasteiger partial charge in [-0.2, -0.15) is 0 Å². The zero-order valence-corrected chi connectivity index (χ0v) is 24.2. The maximum Gasteiger partial charge on any atom is 0.336 e. The summed E-state index contributed by atoms with van der Waals surface area (Å²) in [4.78, 5) is 27.5. The van der Waals surface area contributed by atoms with Gasteiger partial charge in [-0.05, 0) is 63.8 Å². The summed E-state index contributed by atoms with van der Waals surface area (Å²) in [7, 11) is 3.20. The number of allylic oxidation sites excluding steroid dienone is 3. The van der Waals surface area contributed by atoms with E-state index in [-0.39, 0.29) is 24.4 Å². The van der Waals surface area contributed by atoms with Crippen molar-refractivity contribution in [3.8, 4) is 17.2 Å². The molecule has 40 heavy (non-hydrogen) atoms. The lowest BCUT2D eigenvalue weighted by Gasteiger charge is -2.37. The Morgan fingerprint density at radius 2 is 1.75 bits per heavy atom. The molecule has 0 saturated carbocycles. The fourth-order valence-electron chi connectivity index (χ4n) is 5.46. The number of benzene rings is 2. The maximum absolute atomic E-state index is 14.0. The van der Waals surface area contributed by atoms with Crippen molar-refractivity contribution in [2.24, 2.45) is 0 Å². The number of hydrogen-bond donors (Lipinski definition) is 1. The molecule has 0 unspecified atom stereocenters. The highest BCUT2D eigenvalue weighted by Gasteiger charge is 2.42. The molecule has 214 valence electrons. The molecule has 1 aliphatic carbocycles. The second-order valence-corrected chi connectivity index (χ2v) is 10.2. The number of carbonyl (C=O) groups excluding carboxylic acids is 2. The Morgan fingerprint density at radius 3 is 2.45 bits per heavy atom. The smallest absolute Gasteiger partial charge is 0.336 e. The van der Waals surface area contributed by atoms with E-state index in [0.29, 0.717) is 60.1 Å². The van der Waals surface area contributed by atoms with Crippen LogP contribution in [0.3, 0.4) is 0 Å². The van der Waals surface area contributed by atoms with Crippen LogP contribution in [0.15, 0.2) is 65.0 Å². The minimum Gasteiger partial charge on any atom is -0.493 e. The zero-order valence-electron chi connectivity index (χ0n) is 24.2. The number of ether oxygens (including phenoxy) is 5. The predicted octanol–water partition coefficient (Wildman–Crippen LogP) is 5.43. The largest absolute Gasteiger partial charge is 0.493 e. The molecule has 1 N–H and O–H groups in total. The molecule has 0 amide bonds. The average molecular weight is 550 g/mol. The number of carbonyl (C=O) groups is 2. The van der Waals surface area contributed by atoms with Gasteiger partial charge in [0.2, 0.25) is 0 Å². The molecular weight excluding hydrogens is 510 g/mol. The number of methoxy groups -OCH3 is 2. The van der Waals surface area contributed by atoms with Gasteiger partial charge in [-0.15, -0.1) is 0 Å². The van der Waals surface area contributed by atoms with Gasteiger partial charge in [0.1, 0.15) is 12.4 Å². The molecule has 1 aliphatic heterocycles. The van der Waals surface area contributed by atoms with Gasteiger partial charge in [0.25, 0.3) is 0 Å². The lowest BCUT2D eigenvalue weighted by atomic mass is 9.71. The third-order valence-electron chi connectivity index (χ3n) is 7.18. The minimum atomic E-state index is -0.621. The molecule has 8 nitrogen and oxygen atoms in total. The van der Waals surface area contributed by atoms with Gasteiger partial charge in [-0.1, -0.05) is 24.3 Å². The summed E-state index contributed by atoms with van der Waals surface area (Å²) in [5.74, 6) is 0.712. The number of dihydropyridines is 1. The zero-order chi connectivity index (χ0) is 28.8. The third-order valence-corrected chi connectivity index (χ3v) is 7.18. The topological polar surface area (TPSA) is 92.3 Å². The summed E-state index contributed by atoms with van der Waals surface area (Å²) < 4.78 is 28.0. The number of rotatable bonds is 11. The van der Waals surface area contributed by atoms with E-state index < -0.39 is 11.9 Å². The van der Waals surface area contributed by atoms with Crippen molar-refractivity contribution >= 4 is 11.8 Å². The standard InChI is InChI=1S/C32H39NO7/c1-7-38-14-15-39-32(35)29-20(4)33-24-16-22(21-12-13-27(36-5)28(18-21)37-6)17-25(34)31(24)30(29)23-10-8-9-11-26(23)40-19(2)3/h8-13,18-19,22,30,33H,7,14-17H2,1-6H3/t22-,30+/m0/s1. The van der Waals surface area contributed by atoms with Crippen LogP contribution in [0.2, 0.25) is 0 Å². The predicted molar refractivity (Wildman–Crippen MR) is 152 cm³/mol. The van der Waals surface area contributed by atoms with Crippen molar-refractivity contribution in [3.63, 3.8) is 0 Å². The molecule has 8 heteroatoms. The minimum absolute atomic E-state index is 0.0231. The van der Waals surface area contributed by atoms with Crippen LogP contribution in [-0.2, 0) is 19.1 Å². The summed E-state index contributed by atoms with van der Waals surface area (Å²) in [5.41, 5.74) is 4.21. The number of para-hydroxylation sites is 1. The van der Waals surface area contributed by atoms with Crippen molar-refractivity contribution < 1.29 is 33.3 Å². The number of Topliss-reactive ketones (excluding diaryl/α,β-unsaturated/α-hetero) is 1. The highest BCUT2D eigenvalue weighted by atomic mass is 16.6. The second-order valence-electron chi connectivity index (χ2n) is 10.2. The van der Waals surface area contributed by atoms with Crippen LogP contribution in [-0.4, -0.2) is 51.9 Å². The van der Waals surface area contributed by atoms with E-state index in [1.165, 1.54) is 0 Å². The highest BCUT2D eigenvalue weighted by molar-refractivity contribution is 6.04. The van der Waals surface area contributed by atoms with Crippen molar-refractivity contribution in [1.82, 2.24) is 5.32 Å². The van der Waals surface area contributed by atoms with Gasteiger partial charge >= 0.3 is 5.97 Å². The van der Waals surface area contributed by atoms with E-state index in [1.54, 1.807) is 14.2 Å². The van der Waals surface area contributed by atoms with Crippen LogP contribution in [0.1, 0.15) is 63.5 Å². The SMILES string of the molecule is CCOCCOC(=O)C1=C(C)NC2=C(C(=O)C[C@@H](c3ccc(OC)c(OC)c3)C2)[C@@H]1c1ccccc1OC(C)C. The number of esters is 1. The Morgan fingerprint density at radius 1 is 1.00 bits per heavy atom. The van der Waals surface area contributed by atoms with Crippen LogP contribution in [0.4, 0.5) is 0 Å². The lowest BCUT2D eigenvalue weighted by Crippen LogP contribution is -2.36. The number of ketones is 1. The fraction of sp³-hybridized carbons (Fsp3) is 0.438. The molecule has 0 radical (unpaired) electrons. The molecule has 1 heterocycles. The quantitative estimate of drug-likeness (QED) is 0.293. The molecule has 0 fully saturated rings. The molecular formula is C32H39NO7. The van der Waals surface area contributed by atoms with Crippen LogP contribution in [0.5, 0.6) is 17.2 Å². The Hall–Kier alpha value is -3.78. The first-order chi connectivity index (χ1) is 19.3. The van der Waals surface area contributed by atoms with Gasteiger partial charge in [0.15, 0.2) is 17.3 Å². The van der Waals surface area contributed by atoms with Crippen LogP contribution < -0.4 is 19.5 Å². The first-order valence-electron chi connectivity index (χ1n) is 13.7. The van der Waals surface area contributed by atoms with Gasteiger partial charge in [-0.3, -0.25) is 4.79 Å². The highest BCUT2D eigenvalue weighted by Crippen LogP contribution is 2.48. The molecule has 4 rings (SSSR count). The Kier molecular flexibility index (Phi) is 9.53. The number of hydrogen-bond acceptors (Lipinski definition) is 8. The molecule has 0 bridgehead atoms. The van der Waals surface area contributed by atoms with E-state index in [1.807, 2.05) is 70.2 Å². The maximum atomic E-state index is 14.0. The number of nitrogens with one attached hydrogen (secondary N) is 1. The molecule has 0 saturated heterocycles. The summed E-state index contributed by atoms with van der Waals surface area (Å²) in [6.07, 6.45) is 0.815. The summed E-state index contributed by atoms with van der Waals surface area (Å²) in [6, 6.07) is 13.4. The third kappa shape index (κ3) is 6.17. The van der Waals surface area contributed by atoms with E-state index in [2.05, 4.69) is 5.32 Å². The first kappa shape index (κ1) is 29.2. The Balaban J connectivity index is 1.76. The Labute approximate surface area is 236 Å². The summed E-state index contributed by atoms with van der Waals surface area (Å²) >= 11 is 0. The normalized spacial score (nSPS) is 18.8. The lowest BCUT2D eigenvalue weighted by molar-refractivity contribution is -0.140. The molecule has 2 aliphatic rings. The molecule has 2 aromatic carbocycles. The Bertz CT molecular complexity index is 1310. The summed E-state index contributed by atoms with van der Waals surface area (Å²) in [6.45, 7) is 8.61. The average Bonchev–Trinajstić information content (AvgIpc) is 2.94. The van der Waals surface area contributed by atoms with Crippen LogP contribution >= 0.6 is 0 Å². The van der Waals surface area contributed by atoms with E-state index >= 15 is 0 Å². The van der Waals surface area contributed by atoms with Crippen molar-refractivity contribution in [2.45, 2.75) is 58.5 Å². The molecule has 0 aromatic heterocycles. The van der Waals surface area contributed by atoms with Gasteiger partial charge in [0, 0.05) is 35.6 Å². The van der Waals surface area contributed by atoms with E-state index in [9.17, 15) is 9.59 Å². The monoisotopic (exact) mass is 549 g/mol. The fourth-order valence-corrected chi connectivity index (χ4v) is 5.46. The van der Waals surface area contributed by atoms with E-state index in [4.69, 9.17) is 23.7 Å². The molecule has 2 aromatic rings. The van der Waals surface area contributed by atoms with E-state index in [0.717, 1.165) is 16.8 Å². The second kappa shape index (κ2) is 13.0. The molecule has 0 spiro atoms. The first-order valence-corrected chi connectivity index (χ1v) is 13.7. The van der Waals surface area contributed by atoms with Crippen molar-refractivity contribution in [3.05, 3.63) is 76.1 Å². The van der Waals surface area contributed by atoms with Crippen molar-refractivity contribution in [1.29, 1.82) is 0 Å². The van der Waals surface area contributed by atoms with Gasteiger partial charge in [0.05, 0.1) is 38.4 Å². The summed E-state index contributed by atoms with van der Waals surface area (Å²) in [5, 5.41) is 3.40. The van der Waals surface area contributed by atoms with Gasteiger partial charge in [-0.25, -0.2) is 4.79 Å². The van der Waals surface area contributed by atoms with Gasteiger partial charge < -0.3 is 29.0 Å². The van der Waals surface area contributed by atoms with Crippen molar-refractivity contribution in [2.75, 3.05) is 34.0 Å².